The lowest BCUT2D eigenvalue weighted by atomic mass is 9.87. The minimum atomic E-state index is -0.345. The first-order valence-corrected chi connectivity index (χ1v) is 8.56. The highest BCUT2D eigenvalue weighted by Gasteiger charge is 2.30. The van der Waals surface area contributed by atoms with Crippen LogP contribution in [0.3, 0.4) is 0 Å². The van der Waals surface area contributed by atoms with Gasteiger partial charge in [-0.25, -0.2) is 4.79 Å². The predicted molar refractivity (Wildman–Crippen MR) is 96.4 cm³/mol. The molecule has 1 amide bonds. The summed E-state index contributed by atoms with van der Waals surface area (Å²) < 4.78 is 10.4. The second-order valence-electron chi connectivity index (χ2n) is 6.30. The van der Waals surface area contributed by atoms with Crippen molar-refractivity contribution < 1.29 is 14.3 Å². The number of amides is 1. The van der Waals surface area contributed by atoms with Gasteiger partial charge in [0.15, 0.2) is 0 Å². The third kappa shape index (κ3) is 5.22. The fourth-order valence-corrected chi connectivity index (χ4v) is 2.84. The van der Waals surface area contributed by atoms with Gasteiger partial charge in [0.2, 0.25) is 0 Å². The summed E-state index contributed by atoms with van der Waals surface area (Å²) in [5.41, 5.74) is 2.21. The van der Waals surface area contributed by atoms with Crippen LogP contribution in [-0.4, -0.2) is 25.3 Å². The molecule has 0 saturated heterocycles. The van der Waals surface area contributed by atoms with Crippen molar-refractivity contribution in [2.45, 2.75) is 38.1 Å². The van der Waals surface area contributed by atoms with Gasteiger partial charge in [-0.1, -0.05) is 42.5 Å². The Morgan fingerprint density at radius 2 is 1.72 bits per heavy atom. The standard InChI is InChI=1S/C20H24N2O3/c1-24-19-9-7-15(8-10-19)13-21-17-11-18(12-17)22-20(23)25-14-16-5-3-2-4-6-16/h2-10,17-18,21H,11-14H2,1H3,(H,22,23). The van der Waals surface area contributed by atoms with Crippen LogP contribution in [-0.2, 0) is 17.9 Å². The second-order valence-corrected chi connectivity index (χ2v) is 6.30. The molecule has 2 aromatic carbocycles. The monoisotopic (exact) mass is 340 g/mol. The molecule has 25 heavy (non-hydrogen) atoms. The van der Waals surface area contributed by atoms with Crippen LogP contribution in [0.25, 0.3) is 0 Å². The van der Waals surface area contributed by atoms with Gasteiger partial charge in [-0.15, -0.1) is 0 Å². The predicted octanol–water partition coefficient (Wildman–Crippen LogP) is 3.24. The molecular formula is C20H24N2O3. The van der Waals surface area contributed by atoms with Gasteiger partial charge in [0.1, 0.15) is 12.4 Å². The Hall–Kier alpha value is -2.53. The molecule has 1 aliphatic rings. The zero-order chi connectivity index (χ0) is 17.5. The van der Waals surface area contributed by atoms with Gasteiger partial charge in [0.05, 0.1) is 7.11 Å². The van der Waals surface area contributed by atoms with E-state index >= 15 is 0 Å². The average molecular weight is 340 g/mol. The van der Waals surface area contributed by atoms with Gasteiger partial charge >= 0.3 is 6.09 Å². The van der Waals surface area contributed by atoms with Crippen molar-refractivity contribution in [2.24, 2.45) is 0 Å². The van der Waals surface area contributed by atoms with Crippen LogP contribution in [0.4, 0.5) is 4.79 Å². The topological polar surface area (TPSA) is 59.6 Å². The number of carbonyl (C=O) groups is 1. The molecule has 2 N–H and O–H groups in total. The number of hydrogen-bond acceptors (Lipinski definition) is 4. The summed E-state index contributed by atoms with van der Waals surface area (Å²) in [4.78, 5) is 11.8. The van der Waals surface area contributed by atoms with Crippen molar-refractivity contribution in [3.05, 3.63) is 65.7 Å². The molecule has 0 unspecified atom stereocenters. The van der Waals surface area contributed by atoms with E-state index in [1.807, 2.05) is 42.5 Å². The lowest BCUT2D eigenvalue weighted by molar-refractivity contribution is 0.125. The average Bonchev–Trinajstić information content (AvgIpc) is 2.63. The Morgan fingerprint density at radius 1 is 1.00 bits per heavy atom. The van der Waals surface area contributed by atoms with Crippen LogP contribution in [0.15, 0.2) is 54.6 Å². The molecule has 1 fully saturated rings. The molecule has 2 aromatic rings. The van der Waals surface area contributed by atoms with Gasteiger partial charge in [-0.05, 0) is 36.1 Å². The molecule has 3 rings (SSSR count). The zero-order valence-corrected chi connectivity index (χ0v) is 14.4. The second kappa shape index (κ2) is 8.53. The summed E-state index contributed by atoms with van der Waals surface area (Å²) in [5, 5.41) is 6.41. The molecule has 0 bridgehead atoms. The number of benzene rings is 2. The number of alkyl carbamates (subject to hydrolysis) is 1. The Balaban J connectivity index is 1.30. The third-order valence-corrected chi connectivity index (χ3v) is 4.43. The molecule has 0 atom stereocenters. The largest absolute Gasteiger partial charge is 0.497 e. The van der Waals surface area contributed by atoms with Crippen molar-refractivity contribution in [2.75, 3.05) is 7.11 Å². The van der Waals surface area contributed by atoms with E-state index < -0.39 is 0 Å². The molecular weight excluding hydrogens is 316 g/mol. The lowest BCUT2D eigenvalue weighted by Gasteiger charge is -2.36. The minimum Gasteiger partial charge on any atom is -0.497 e. The number of methoxy groups -OCH3 is 1. The van der Waals surface area contributed by atoms with Gasteiger partial charge in [-0.3, -0.25) is 0 Å². The van der Waals surface area contributed by atoms with Crippen LogP contribution in [0.5, 0.6) is 5.75 Å². The molecule has 0 radical (unpaired) electrons. The summed E-state index contributed by atoms with van der Waals surface area (Å²) >= 11 is 0. The van der Waals surface area contributed by atoms with Gasteiger partial charge in [0, 0.05) is 18.6 Å². The Labute approximate surface area is 148 Å². The van der Waals surface area contributed by atoms with E-state index in [4.69, 9.17) is 9.47 Å². The number of nitrogens with one attached hydrogen (secondary N) is 2. The number of hydrogen-bond donors (Lipinski definition) is 2. The first-order chi connectivity index (χ1) is 12.2. The van der Waals surface area contributed by atoms with E-state index in [2.05, 4.69) is 22.8 Å². The fourth-order valence-electron chi connectivity index (χ4n) is 2.84. The summed E-state index contributed by atoms with van der Waals surface area (Å²) in [7, 11) is 1.67. The first-order valence-electron chi connectivity index (χ1n) is 8.56. The maximum atomic E-state index is 11.8. The van der Waals surface area contributed by atoms with Crippen LogP contribution in [0.2, 0.25) is 0 Å². The van der Waals surface area contributed by atoms with Crippen molar-refractivity contribution in [3.63, 3.8) is 0 Å². The van der Waals surface area contributed by atoms with E-state index in [1.54, 1.807) is 7.11 Å². The summed E-state index contributed by atoms with van der Waals surface area (Å²) in [6.45, 7) is 1.12. The molecule has 5 nitrogen and oxygen atoms in total. The Kier molecular flexibility index (Phi) is 5.90. The quantitative estimate of drug-likeness (QED) is 0.812. The molecule has 5 heteroatoms. The molecule has 0 heterocycles. The zero-order valence-electron chi connectivity index (χ0n) is 14.4. The Morgan fingerprint density at radius 3 is 2.40 bits per heavy atom. The van der Waals surface area contributed by atoms with Crippen molar-refractivity contribution in [3.8, 4) is 5.75 Å². The highest BCUT2D eigenvalue weighted by Crippen LogP contribution is 2.21. The SMILES string of the molecule is COc1ccc(CNC2CC(NC(=O)OCc3ccccc3)C2)cc1. The van der Waals surface area contributed by atoms with Crippen molar-refractivity contribution in [1.82, 2.24) is 10.6 Å². The van der Waals surface area contributed by atoms with E-state index in [0.717, 1.165) is 30.7 Å². The van der Waals surface area contributed by atoms with E-state index in [9.17, 15) is 4.79 Å². The number of ether oxygens (including phenoxy) is 2. The van der Waals surface area contributed by atoms with Crippen LogP contribution in [0.1, 0.15) is 24.0 Å². The van der Waals surface area contributed by atoms with Crippen molar-refractivity contribution >= 4 is 6.09 Å². The normalized spacial score (nSPS) is 18.9. The number of carbonyl (C=O) groups excluding carboxylic acids is 1. The Bertz CT molecular complexity index is 667. The summed E-state index contributed by atoms with van der Waals surface area (Å²) in [6, 6.07) is 18.3. The molecule has 0 aliphatic heterocycles. The molecule has 132 valence electrons. The maximum absolute atomic E-state index is 11.8. The van der Waals surface area contributed by atoms with Crippen LogP contribution >= 0.6 is 0 Å². The van der Waals surface area contributed by atoms with Gasteiger partial charge in [0.25, 0.3) is 0 Å². The molecule has 1 aliphatic carbocycles. The van der Waals surface area contributed by atoms with Crippen LogP contribution < -0.4 is 15.4 Å². The van der Waals surface area contributed by atoms with Gasteiger partial charge in [-0.2, -0.15) is 0 Å². The molecule has 0 aromatic heterocycles. The van der Waals surface area contributed by atoms with E-state index in [1.165, 1.54) is 5.56 Å². The van der Waals surface area contributed by atoms with Crippen LogP contribution in [0, 0.1) is 0 Å². The lowest BCUT2D eigenvalue weighted by Crippen LogP contribution is -2.52. The molecule has 1 saturated carbocycles. The summed E-state index contributed by atoms with van der Waals surface area (Å²) in [6.07, 6.45) is 1.51. The first kappa shape index (κ1) is 17.3. The van der Waals surface area contributed by atoms with E-state index in [0.29, 0.717) is 12.6 Å². The maximum Gasteiger partial charge on any atom is 0.407 e. The molecule has 0 spiro atoms. The minimum absolute atomic E-state index is 0.191. The summed E-state index contributed by atoms with van der Waals surface area (Å²) in [5.74, 6) is 0.866. The highest BCUT2D eigenvalue weighted by molar-refractivity contribution is 5.67. The number of rotatable bonds is 7. The van der Waals surface area contributed by atoms with E-state index in [-0.39, 0.29) is 12.1 Å². The highest BCUT2D eigenvalue weighted by atomic mass is 16.5. The third-order valence-electron chi connectivity index (χ3n) is 4.43. The van der Waals surface area contributed by atoms with Crippen molar-refractivity contribution in [1.29, 1.82) is 0 Å². The fraction of sp³-hybridized carbons (Fsp3) is 0.350. The van der Waals surface area contributed by atoms with Gasteiger partial charge < -0.3 is 20.1 Å². The smallest absolute Gasteiger partial charge is 0.407 e.